The van der Waals surface area contributed by atoms with Crippen molar-refractivity contribution in [1.82, 2.24) is 19.9 Å². The van der Waals surface area contributed by atoms with Crippen LogP contribution in [0.3, 0.4) is 0 Å². The monoisotopic (exact) mass is 317 g/mol. The van der Waals surface area contributed by atoms with Crippen molar-refractivity contribution in [1.29, 1.82) is 0 Å². The van der Waals surface area contributed by atoms with E-state index in [0.717, 1.165) is 28.4 Å². The molecule has 0 aliphatic rings. The van der Waals surface area contributed by atoms with E-state index >= 15 is 0 Å². The lowest BCUT2D eigenvalue weighted by atomic mass is 10.3. The molecule has 0 fully saturated rings. The molecule has 22 heavy (non-hydrogen) atoms. The molecule has 0 aliphatic heterocycles. The van der Waals surface area contributed by atoms with Gasteiger partial charge in [-0.3, -0.25) is 0 Å². The molecule has 0 aliphatic carbocycles. The summed E-state index contributed by atoms with van der Waals surface area (Å²) in [7, 11) is 1.62. The Morgan fingerprint density at radius 2 is 2.09 bits per heavy atom. The van der Waals surface area contributed by atoms with Gasteiger partial charge in [0.05, 0.1) is 17.6 Å². The van der Waals surface area contributed by atoms with Crippen molar-refractivity contribution in [3.05, 3.63) is 46.6 Å². The van der Waals surface area contributed by atoms with Crippen LogP contribution in [-0.2, 0) is 17.9 Å². The number of methoxy groups -OCH3 is 1. The number of anilines is 1. The fraction of sp³-hybridized carbons (Fsp3) is 0.267. The van der Waals surface area contributed by atoms with Crippen LogP contribution < -0.4 is 5.32 Å². The van der Waals surface area contributed by atoms with Gasteiger partial charge in [-0.2, -0.15) is 0 Å². The van der Waals surface area contributed by atoms with Crippen LogP contribution in [0, 0.1) is 6.92 Å². The summed E-state index contributed by atoms with van der Waals surface area (Å²) in [5.41, 5.74) is 2.70. The molecule has 0 spiro atoms. The van der Waals surface area contributed by atoms with Crippen LogP contribution in [0.4, 0.5) is 5.82 Å². The highest BCUT2D eigenvalue weighted by atomic mass is 35.5. The van der Waals surface area contributed by atoms with E-state index in [-0.39, 0.29) is 0 Å². The third-order valence-electron chi connectivity index (χ3n) is 3.10. The van der Waals surface area contributed by atoms with E-state index in [9.17, 15) is 0 Å². The lowest BCUT2D eigenvalue weighted by Gasteiger charge is -2.07. The van der Waals surface area contributed by atoms with Gasteiger partial charge >= 0.3 is 0 Å². The molecule has 3 rings (SSSR count). The molecule has 2 aromatic heterocycles. The Bertz CT molecular complexity index is 802. The quantitative estimate of drug-likeness (QED) is 0.756. The zero-order valence-corrected chi connectivity index (χ0v) is 13.1. The topological polar surface area (TPSA) is 75.7 Å². The first-order valence-corrected chi connectivity index (χ1v) is 7.23. The average Bonchev–Trinajstić information content (AvgIpc) is 2.87. The van der Waals surface area contributed by atoms with E-state index in [2.05, 4.69) is 25.3 Å². The van der Waals surface area contributed by atoms with Gasteiger partial charge in [0, 0.05) is 23.9 Å². The van der Waals surface area contributed by atoms with Crippen molar-refractivity contribution in [2.24, 2.45) is 0 Å². The number of fused-ring (bicyclic) bond motifs is 1. The summed E-state index contributed by atoms with van der Waals surface area (Å²) in [6.07, 6.45) is 0. The summed E-state index contributed by atoms with van der Waals surface area (Å²) >= 11 is 5.97. The molecule has 0 radical (unpaired) electrons. The van der Waals surface area contributed by atoms with Gasteiger partial charge in [-0.1, -0.05) is 11.6 Å². The number of aromatic amines is 1. The van der Waals surface area contributed by atoms with Crippen LogP contribution in [-0.4, -0.2) is 27.0 Å². The molecule has 0 amide bonds. The fourth-order valence-corrected chi connectivity index (χ4v) is 2.38. The lowest BCUT2D eigenvalue weighted by Crippen LogP contribution is -2.07. The maximum atomic E-state index is 5.97. The SMILES string of the molecule is COCc1nc(C)cc(NCc2nc3ccc(Cl)cc3[nH]2)n1. The summed E-state index contributed by atoms with van der Waals surface area (Å²) in [5, 5.41) is 3.93. The third-order valence-corrected chi connectivity index (χ3v) is 3.34. The number of imidazole rings is 1. The van der Waals surface area contributed by atoms with E-state index in [1.165, 1.54) is 0 Å². The number of hydrogen-bond acceptors (Lipinski definition) is 5. The normalized spacial score (nSPS) is 11.0. The highest BCUT2D eigenvalue weighted by Crippen LogP contribution is 2.17. The van der Waals surface area contributed by atoms with E-state index in [1.807, 2.05) is 31.2 Å². The Morgan fingerprint density at radius 1 is 1.23 bits per heavy atom. The van der Waals surface area contributed by atoms with E-state index in [4.69, 9.17) is 16.3 Å². The molecule has 0 unspecified atom stereocenters. The van der Waals surface area contributed by atoms with Crippen molar-refractivity contribution in [2.75, 3.05) is 12.4 Å². The second-order valence-electron chi connectivity index (χ2n) is 4.94. The number of benzene rings is 1. The largest absolute Gasteiger partial charge is 0.377 e. The number of aromatic nitrogens is 4. The highest BCUT2D eigenvalue weighted by Gasteiger charge is 2.05. The molecule has 0 saturated heterocycles. The number of rotatable bonds is 5. The highest BCUT2D eigenvalue weighted by molar-refractivity contribution is 6.31. The van der Waals surface area contributed by atoms with Crippen LogP contribution in [0.5, 0.6) is 0 Å². The van der Waals surface area contributed by atoms with Crippen molar-refractivity contribution in [3.8, 4) is 0 Å². The number of ether oxygens (including phenoxy) is 1. The van der Waals surface area contributed by atoms with Crippen molar-refractivity contribution in [2.45, 2.75) is 20.1 Å². The van der Waals surface area contributed by atoms with Gasteiger partial charge < -0.3 is 15.0 Å². The average molecular weight is 318 g/mol. The summed E-state index contributed by atoms with van der Waals surface area (Å²) < 4.78 is 5.07. The van der Waals surface area contributed by atoms with Gasteiger partial charge in [-0.25, -0.2) is 15.0 Å². The molecular weight excluding hydrogens is 302 g/mol. The Morgan fingerprint density at radius 3 is 2.91 bits per heavy atom. The molecule has 0 bridgehead atoms. The van der Waals surface area contributed by atoms with Crippen molar-refractivity contribution in [3.63, 3.8) is 0 Å². The minimum atomic E-state index is 0.388. The first kappa shape index (κ1) is 14.7. The summed E-state index contributed by atoms with van der Waals surface area (Å²) in [5.74, 6) is 2.22. The minimum absolute atomic E-state index is 0.388. The first-order chi connectivity index (χ1) is 10.6. The summed E-state index contributed by atoms with van der Waals surface area (Å²) in [6, 6.07) is 7.47. The van der Waals surface area contributed by atoms with E-state index < -0.39 is 0 Å². The molecule has 6 nitrogen and oxygen atoms in total. The van der Waals surface area contributed by atoms with Gasteiger partial charge in [0.15, 0.2) is 5.82 Å². The Hall–Kier alpha value is -2.18. The first-order valence-electron chi connectivity index (χ1n) is 6.85. The van der Waals surface area contributed by atoms with Crippen molar-refractivity contribution >= 4 is 28.5 Å². The maximum absolute atomic E-state index is 5.97. The second-order valence-corrected chi connectivity index (χ2v) is 5.38. The predicted molar refractivity (Wildman–Crippen MR) is 85.9 cm³/mol. The molecule has 114 valence electrons. The zero-order chi connectivity index (χ0) is 15.5. The number of aryl methyl sites for hydroxylation is 1. The molecule has 0 saturated carbocycles. The van der Waals surface area contributed by atoms with E-state index in [1.54, 1.807) is 7.11 Å². The standard InChI is InChI=1S/C15H16ClN5O/c1-9-5-13(21-15(18-9)8-22-2)17-7-14-19-11-4-3-10(16)6-12(11)20-14/h3-6H,7-8H2,1-2H3,(H,19,20)(H,17,18,21). The Balaban J connectivity index is 1.75. The third kappa shape index (κ3) is 3.35. The van der Waals surface area contributed by atoms with Crippen LogP contribution in [0.15, 0.2) is 24.3 Å². The molecule has 3 aromatic rings. The molecule has 0 atom stereocenters. The van der Waals surface area contributed by atoms with Gasteiger partial charge in [0.1, 0.15) is 18.2 Å². The van der Waals surface area contributed by atoms with Gasteiger partial charge in [0.2, 0.25) is 0 Å². The number of halogens is 1. The molecule has 1 aromatic carbocycles. The van der Waals surface area contributed by atoms with Crippen molar-refractivity contribution < 1.29 is 4.74 Å². The molecule has 2 heterocycles. The Kier molecular flexibility index (Phi) is 4.22. The fourth-order valence-electron chi connectivity index (χ4n) is 2.21. The van der Waals surface area contributed by atoms with Crippen LogP contribution in [0.25, 0.3) is 11.0 Å². The Labute approximate surface area is 132 Å². The number of nitrogens with zero attached hydrogens (tertiary/aromatic N) is 3. The maximum Gasteiger partial charge on any atom is 0.156 e. The van der Waals surface area contributed by atoms with E-state index in [0.29, 0.717) is 24.0 Å². The predicted octanol–water partition coefficient (Wildman–Crippen LogP) is 3.07. The number of nitrogens with one attached hydrogen (secondary N) is 2. The lowest BCUT2D eigenvalue weighted by molar-refractivity contribution is 0.177. The van der Waals surface area contributed by atoms with Gasteiger partial charge in [-0.15, -0.1) is 0 Å². The van der Waals surface area contributed by atoms with Crippen LogP contribution >= 0.6 is 11.6 Å². The minimum Gasteiger partial charge on any atom is -0.377 e. The summed E-state index contributed by atoms with van der Waals surface area (Å²) in [4.78, 5) is 16.4. The molecule has 7 heteroatoms. The smallest absolute Gasteiger partial charge is 0.156 e. The van der Waals surface area contributed by atoms with Crippen LogP contribution in [0.2, 0.25) is 5.02 Å². The molecular formula is C15H16ClN5O. The van der Waals surface area contributed by atoms with Crippen LogP contribution in [0.1, 0.15) is 17.3 Å². The van der Waals surface area contributed by atoms with Gasteiger partial charge in [0.25, 0.3) is 0 Å². The zero-order valence-electron chi connectivity index (χ0n) is 12.4. The molecule has 2 N–H and O–H groups in total. The van der Waals surface area contributed by atoms with Gasteiger partial charge in [-0.05, 0) is 25.1 Å². The number of hydrogen-bond donors (Lipinski definition) is 2. The summed E-state index contributed by atoms with van der Waals surface area (Å²) in [6.45, 7) is 2.85. The number of H-pyrrole nitrogens is 1. The second kappa shape index (κ2) is 6.29.